The highest BCUT2D eigenvalue weighted by molar-refractivity contribution is 5.88. The molecule has 5 aromatic rings. The monoisotopic (exact) mass is 815 g/mol. The van der Waals surface area contributed by atoms with E-state index < -0.39 is 61.6 Å². The van der Waals surface area contributed by atoms with Crippen molar-refractivity contribution < 1.29 is 44.0 Å². The normalized spacial score (nSPS) is 20.8. The van der Waals surface area contributed by atoms with Gasteiger partial charge in [0.25, 0.3) is 0 Å². The minimum Gasteiger partial charge on any atom is -0.453 e. The van der Waals surface area contributed by atoms with Gasteiger partial charge in [0.15, 0.2) is 0 Å². The van der Waals surface area contributed by atoms with Gasteiger partial charge in [-0.15, -0.1) is 0 Å². The number of H-pyrrole nitrogens is 2. The highest BCUT2D eigenvalue weighted by Gasteiger charge is 2.39. The summed E-state index contributed by atoms with van der Waals surface area (Å²) in [4.78, 5) is 75.0. The first-order valence-electron chi connectivity index (χ1n) is 23.2. The molecule has 15 nitrogen and oxygen atoms in total. The largest absolute Gasteiger partial charge is 0.453 e. The Bertz CT molecular complexity index is 2680. The lowest BCUT2D eigenvalue weighted by atomic mass is 10.0. The number of amides is 4. The molecule has 2 aromatic carbocycles. The molecule has 2 saturated heterocycles. The van der Waals surface area contributed by atoms with Crippen molar-refractivity contribution in [2.24, 2.45) is 11.8 Å². The van der Waals surface area contributed by atoms with E-state index in [1.807, 2.05) is 19.9 Å². The number of ether oxygens (including phenoxy) is 2. The summed E-state index contributed by atoms with van der Waals surface area (Å²) >= 11 is 0. The Labute approximate surface area is 352 Å². The van der Waals surface area contributed by atoms with Crippen molar-refractivity contribution in [3.63, 3.8) is 0 Å². The molecule has 0 saturated carbocycles. The second-order valence-corrected chi connectivity index (χ2v) is 14.7. The number of nitrogens with zero attached hydrogens (tertiary/aromatic N) is 5. The fourth-order valence-corrected chi connectivity index (χ4v) is 7.65. The lowest BCUT2D eigenvalue weighted by Gasteiger charge is -2.30. The van der Waals surface area contributed by atoms with Crippen molar-refractivity contribution in [1.82, 2.24) is 45.4 Å². The van der Waals surface area contributed by atoms with Gasteiger partial charge in [-0.3, -0.25) is 9.59 Å². The Hall–Kier alpha value is -6.32. The maximum absolute atomic E-state index is 15.9. The number of carbonyl (C=O) groups excluding carboxylic acids is 4. The summed E-state index contributed by atoms with van der Waals surface area (Å²) in [6.45, 7) is -3.37. The minimum atomic E-state index is -3.81. The van der Waals surface area contributed by atoms with Gasteiger partial charge in [0.1, 0.15) is 29.5 Å². The first-order chi connectivity index (χ1) is 31.5. The van der Waals surface area contributed by atoms with Crippen molar-refractivity contribution in [1.29, 1.82) is 0 Å². The van der Waals surface area contributed by atoms with Crippen molar-refractivity contribution in [3.05, 3.63) is 78.4 Å². The predicted molar refractivity (Wildman–Crippen MR) is 218 cm³/mol. The number of benzene rings is 2. The van der Waals surface area contributed by atoms with Crippen LogP contribution in [0.25, 0.3) is 44.7 Å². The molecule has 0 radical (unpaired) electrons. The van der Waals surface area contributed by atoms with Crippen LogP contribution in [-0.4, -0.2) is 98.1 Å². The van der Waals surface area contributed by atoms with E-state index in [0.717, 1.165) is 18.4 Å². The zero-order chi connectivity index (χ0) is 48.8. The van der Waals surface area contributed by atoms with Gasteiger partial charge in [-0.25, -0.2) is 28.9 Å². The summed E-state index contributed by atoms with van der Waals surface area (Å²) in [7, 11) is 2.12. The number of likely N-dealkylation sites (tertiary alicyclic amines) is 2. The van der Waals surface area contributed by atoms with Gasteiger partial charge in [-0.05, 0) is 67.8 Å². The molecule has 7 rings (SSSR count). The number of hydrogen-bond acceptors (Lipinski definition) is 9. The zero-order valence-corrected chi connectivity index (χ0v) is 32.9. The molecule has 4 N–H and O–H groups in total. The number of fused-ring (bicyclic) bond motifs is 1. The Morgan fingerprint density at radius 2 is 1.42 bits per heavy atom. The predicted octanol–water partition coefficient (Wildman–Crippen LogP) is 6.91. The Balaban J connectivity index is 1.08. The van der Waals surface area contributed by atoms with E-state index in [4.69, 9.17) is 20.7 Å². The van der Waals surface area contributed by atoms with Crippen molar-refractivity contribution in [3.8, 4) is 33.8 Å². The van der Waals surface area contributed by atoms with E-state index in [2.05, 4.69) is 30.0 Å². The van der Waals surface area contributed by atoms with E-state index in [1.54, 1.807) is 52.8 Å². The van der Waals surface area contributed by atoms with Gasteiger partial charge in [0.05, 0.1) is 62.7 Å². The molecule has 5 heterocycles. The SMILES string of the molecule is [2H]C([2H])([2H])C([2H])(C([2H])([2H])[2H])[C@@]([2H])(NC(=O)OC)C(=O)N1CCC[C@H]1c1ncc(-c2ccc3nc(-c4ccc(-c5cnc([C@@H]6CCCN6C(=O)[C@@H](NC(=O)OC)C(C)C)[nH]5)cc4F)ccc3c2)[nH]1. The number of alkyl carbamates (subject to hydrolysis) is 2. The zero-order valence-electron chi connectivity index (χ0n) is 40.9. The second kappa shape index (κ2) is 17.3. The van der Waals surface area contributed by atoms with E-state index >= 15 is 4.39 Å². The van der Waals surface area contributed by atoms with Gasteiger partial charge in [-0.1, -0.05) is 45.8 Å². The van der Waals surface area contributed by atoms with Crippen LogP contribution < -0.4 is 10.6 Å². The molecule has 59 heavy (non-hydrogen) atoms. The molecule has 4 atom stereocenters. The van der Waals surface area contributed by atoms with Gasteiger partial charge >= 0.3 is 12.2 Å². The van der Waals surface area contributed by atoms with Crippen LogP contribution in [0, 0.1) is 17.6 Å². The molecule has 16 heteroatoms. The summed E-state index contributed by atoms with van der Waals surface area (Å²) in [6.07, 6.45) is 2.98. The van der Waals surface area contributed by atoms with E-state index in [1.165, 1.54) is 19.4 Å². The minimum absolute atomic E-state index is 0.0555. The summed E-state index contributed by atoms with van der Waals surface area (Å²) in [5, 5.41) is 5.10. The number of carbonyl (C=O) groups is 4. The number of imidazole rings is 2. The number of methoxy groups -OCH3 is 2. The number of rotatable bonds is 11. The lowest BCUT2D eigenvalue weighted by molar-refractivity contribution is -0.136. The Kier molecular flexibility index (Phi) is 9.26. The van der Waals surface area contributed by atoms with Crippen LogP contribution in [0.1, 0.15) is 87.9 Å². The summed E-state index contributed by atoms with van der Waals surface area (Å²) in [6, 6.07) is 7.96. The van der Waals surface area contributed by atoms with Crippen LogP contribution in [-0.2, 0) is 19.1 Å². The van der Waals surface area contributed by atoms with Crippen LogP contribution >= 0.6 is 0 Å². The lowest BCUT2D eigenvalue weighted by Crippen LogP contribution is -2.51. The first kappa shape index (κ1) is 31.6. The highest BCUT2D eigenvalue weighted by Crippen LogP contribution is 2.36. The Morgan fingerprint density at radius 1 is 0.831 bits per heavy atom. The molecule has 0 bridgehead atoms. The Morgan fingerprint density at radius 3 is 2.02 bits per heavy atom. The third kappa shape index (κ3) is 8.47. The molecular weight excluding hydrogens is 758 g/mol. The van der Waals surface area contributed by atoms with E-state index in [0.29, 0.717) is 64.3 Å². The summed E-state index contributed by atoms with van der Waals surface area (Å²) < 4.78 is 90.5. The average molecular weight is 816 g/mol. The van der Waals surface area contributed by atoms with Crippen LogP contribution in [0.3, 0.4) is 0 Å². The molecular formula is C43H50FN9O6. The number of nitrogens with one attached hydrogen (secondary N) is 4. The smallest absolute Gasteiger partial charge is 0.407 e. The molecule has 3 aromatic heterocycles. The van der Waals surface area contributed by atoms with Gasteiger partial charge in [0, 0.05) is 44.8 Å². The molecule has 0 unspecified atom stereocenters. The number of pyridine rings is 1. The average Bonchev–Trinajstić information content (AvgIpc) is 4.13. The molecule has 4 amide bonds. The molecule has 310 valence electrons. The van der Waals surface area contributed by atoms with Crippen LogP contribution in [0.2, 0.25) is 0 Å². The van der Waals surface area contributed by atoms with E-state index in [9.17, 15) is 19.2 Å². The fraction of sp³-hybridized carbons (Fsp3) is 0.419. The number of halogens is 1. The van der Waals surface area contributed by atoms with Crippen molar-refractivity contribution in [2.75, 3.05) is 27.3 Å². The maximum atomic E-state index is 15.9. The third-order valence-corrected chi connectivity index (χ3v) is 10.7. The quantitative estimate of drug-likeness (QED) is 0.110. The second-order valence-electron chi connectivity index (χ2n) is 14.7. The first-order valence-corrected chi connectivity index (χ1v) is 19.2. The molecule has 2 aliphatic rings. The number of aromatic nitrogens is 5. The van der Waals surface area contributed by atoms with E-state index in [-0.39, 0.29) is 42.2 Å². The molecule has 0 aliphatic carbocycles. The van der Waals surface area contributed by atoms with Crippen molar-refractivity contribution in [2.45, 2.75) is 77.4 Å². The standard InChI is InChI=1S/C43H50FN9O6/c1-23(2)36(50-42(56)58-5)40(54)52-17-7-9-34(52)38-45-21-32(48-38)26-12-15-30-25(19-26)13-16-31(47-30)28-14-11-27(20-29(28)44)33-22-46-39(49-33)35-10-8-18-53(35)41(55)37(24(3)4)51-43(57)59-6/h11-16,19-24,34-37H,7-10,17-18H2,1-6H3,(H,45,48)(H,46,49)(H,50,56)(H,51,57)/t34-,35-,36+,37-/m0/s1/i1D3,2D3,23D,36D. The van der Waals surface area contributed by atoms with Gasteiger partial charge in [0.2, 0.25) is 11.8 Å². The summed E-state index contributed by atoms with van der Waals surface area (Å²) in [5.74, 6) is -5.41. The molecule has 0 spiro atoms. The van der Waals surface area contributed by atoms with Crippen LogP contribution in [0.5, 0.6) is 0 Å². The summed E-state index contributed by atoms with van der Waals surface area (Å²) in [5.41, 5.74) is 3.45. The third-order valence-electron chi connectivity index (χ3n) is 10.7. The fourth-order valence-electron chi connectivity index (χ4n) is 7.65. The van der Waals surface area contributed by atoms with Crippen LogP contribution in [0.15, 0.2) is 60.9 Å². The van der Waals surface area contributed by atoms with Crippen molar-refractivity contribution >= 4 is 34.9 Å². The van der Waals surface area contributed by atoms with Crippen LogP contribution in [0.4, 0.5) is 14.0 Å². The highest BCUT2D eigenvalue weighted by atomic mass is 19.1. The molecule has 2 fully saturated rings. The topological polar surface area (TPSA) is 188 Å². The number of hydrogen-bond donors (Lipinski definition) is 4. The number of aromatic amines is 2. The molecule has 2 aliphatic heterocycles. The maximum Gasteiger partial charge on any atom is 0.407 e. The van der Waals surface area contributed by atoms with Gasteiger partial charge in [-0.2, -0.15) is 0 Å². The van der Waals surface area contributed by atoms with Gasteiger partial charge < -0.3 is 39.9 Å².